The van der Waals surface area contributed by atoms with Gasteiger partial charge in [-0.15, -0.1) is 11.3 Å². The second-order valence-corrected chi connectivity index (χ2v) is 7.06. The minimum atomic E-state index is 0.0575. The molecule has 0 radical (unpaired) electrons. The normalized spacial score (nSPS) is 10.7. The highest BCUT2D eigenvalue weighted by Crippen LogP contribution is 2.22. The monoisotopic (exact) mass is 345 g/mol. The molecule has 3 rings (SSSR count). The fourth-order valence-corrected chi connectivity index (χ4v) is 3.38. The third kappa shape index (κ3) is 4.00. The Hall–Kier alpha value is -2.11. The maximum absolute atomic E-state index is 12.3. The number of benzene rings is 1. The van der Waals surface area contributed by atoms with Crippen molar-refractivity contribution in [2.24, 2.45) is 0 Å². The predicted octanol–water partition coefficient (Wildman–Crippen LogP) is 3.79. The van der Waals surface area contributed by atoms with Crippen LogP contribution >= 0.6 is 22.9 Å². The summed E-state index contributed by atoms with van der Waals surface area (Å²) in [5.41, 5.74) is 1.88. The molecule has 1 aromatic carbocycles. The Morgan fingerprint density at radius 1 is 1.26 bits per heavy atom. The van der Waals surface area contributed by atoms with Gasteiger partial charge in [0.1, 0.15) is 0 Å². The molecular weight excluding hydrogens is 330 g/mol. The second kappa shape index (κ2) is 6.98. The average molecular weight is 346 g/mol. The zero-order valence-corrected chi connectivity index (χ0v) is 14.2. The summed E-state index contributed by atoms with van der Waals surface area (Å²) < 4.78 is 2.52. The van der Waals surface area contributed by atoms with Gasteiger partial charge in [0.2, 0.25) is 5.91 Å². The molecule has 0 saturated carbocycles. The van der Waals surface area contributed by atoms with Crippen LogP contribution in [0.15, 0.2) is 54.9 Å². The molecule has 1 amide bonds. The van der Waals surface area contributed by atoms with Crippen LogP contribution in [-0.4, -0.2) is 27.6 Å². The van der Waals surface area contributed by atoms with Gasteiger partial charge in [-0.05, 0) is 29.8 Å². The van der Waals surface area contributed by atoms with Gasteiger partial charge < -0.3 is 4.90 Å². The summed E-state index contributed by atoms with van der Waals surface area (Å²) >= 11 is 7.41. The molecule has 0 aliphatic heterocycles. The van der Waals surface area contributed by atoms with Gasteiger partial charge in [-0.25, -0.2) is 4.68 Å². The summed E-state index contributed by atoms with van der Waals surface area (Å²) in [6, 6.07) is 13.6. The first-order valence-corrected chi connectivity index (χ1v) is 8.38. The van der Waals surface area contributed by atoms with Crippen molar-refractivity contribution in [3.8, 4) is 5.69 Å². The van der Waals surface area contributed by atoms with Crippen LogP contribution in [0.4, 0.5) is 0 Å². The van der Waals surface area contributed by atoms with E-state index in [1.165, 1.54) is 11.3 Å². The Balaban J connectivity index is 1.63. The summed E-state index contributed by atoms with van der Waals surface area (Å²) in [7, 11) is 1.80. The molecule has 2 aromatic heterocycles. The van der Waals surface area contributed by atoms with Crippen molar-refractivity contribution in [3.05, 3.63) is 69.6 Å². The number of carbonyl (C=O) groups excluding carboxylic acids is 1. The van der Waals surface area contributed by atoms with Crippen LogP contribution in [0.1, 0.15) is 10.4 Å². The van der Waals surface area contributed by atoms with Crippen molar-refractivity contribution in [3.63, 3.8) is 0 Å². The van der Waals surface area contributed by atoms with Gasteiger partial charge in [0.05, 0.1) is 29.2 Å². The highest BCUT2D eigenvalue weighted by Gasteiger charge is 2.13. The Bertz CT molecular complexity index is 797. The number of aromatic nitrogens is 2. The number of nitrogens with zero attached hydrogens (tertiary/aromatic N) is 3. The lowest BCUT2D eigenvalue weighted by Gasteiger charge is -2.15. The fourth-order valence-electron chi connectivity index (χ4n) is 2.24. The lowest BCUT2D eigenvalue weighted by Crippen LogP contribution is -2.27. The Kier molecular flexibility index (Phi) is 4.79. The van der Waals surface area contributed by atoms with Crippen molar-refractivity contribution in [1.82, 2.24) is 14.7 Å². The maximum atomic E-state index is 12.3. The first-order chi connectivity index (χ1) is 11.1. The average Bonchev–Trinajstić information content (AvgIpc) is 3.17. The van der Waals surface area contributed by atoms with Gasteiger partial charge in [-0.1, -0.05) is 29.8 Å². The van der Waals surface area contributed by atoms with Crippen LogP contribution in [0.5, 0.6) is 0 Å². The first kappa shape index (κ1) is 15.8. The Labute approximate surface area is 143 Å². The molecule has 0 aliphatic carbocycles. The number of halogens is 1. The van der Waals surface area contributed by atoms with Gasteiger partial charge >= 0.3 is 0 Å². The number of amides is 1. The quantitative estimate of drug-likeness (QED) is 0.705. The van der Waals surface area contributed by atoms with Crippen molar-refractivity contribution in [2.45, 2.75) is 13.0 Å². The molecule has 0 bridgehead atoms. The summed E-state index contributed by atoms with van der Waals surface area (Å²) in [6.07, 6.45) is 3.96. The van der Waals surface area contributed by atoms with E-state index in [1.807, 2.05) is 48.7 Å². The molecule has 6 heteroatoms. The van der Waals surface area contributed by atoms with Crippen molar-refractivity contribution in [1.29, 1.82) is 0 Å². The van der Waals surface area contributed by atoms with Crippen LogP contribution in [0, 0.1) is 0 Å². The van der Waals surface area contributed by atoms with Gasteiger partial charge in [-0.3, -0.25) is 4.79 Å². The number of para-hydroxylation sites is 1. The summed E-state index contributed by atoms with van der Waals surface area (Å²) in [5.74, 6) is 0.0575. The minimum absolute atomic E-state index is 0.0575. The van der Waals surface area contributed by atoms with Crippen molar-refractivity contribution < 1.29 is 4.79 Å². The summed E-state index contributed by atoms with van der Waals surface area (Å²) in [5, 5.41) is 4.32. The number of rotatable bonds is 5. The molecule has 0 unspecified atom stereocenters. The Morgan fingerprint density at radius 2 is 2.04 bits per heavy atom. The van der Waals surface area contributed by atoms with Crippen LogP contribution in [0.3, 0.4) is 0 Å². The van der Waals surface area contributed by atoms with Crippen LogP contribution in [0.2, 0.25) is 4.34 Å². The van der Waals surface area contributed by atoms with E-state index in [9.17, 15) is 4.79 Å². The van der Waals surface area contributed by atoms with E-state index < -0.39 is 0 Å². The lowest BCUT2D eigenvalue weighted by molar-refractivity contribution is -0.129. The molecule has 0 fully saturated rings. The summed E-state index contributed by atoms with van der Waals surface area (Å²) in [6.45, 7) is 0.572. The molecule has 23 heavy (non-hydrogen) atoms. The molecule has 0 atom stereocenters. The Morgan fingerprint density at radius 3 is 2.74 bits per heavy atom. The lowest BCUT2D eigenvalue weighted by atomic mass is 10.2. The van der Waals surface area contributed by atoms with Gasteiger partial charge in [-0.2, -0.15) is 5.10 Å². The topological polar surface area (TPSA) is 38.1 Å². The van der Waals surface area contributed by atoms with E-state index in [1.54, 1.807) is 22.8 Å². The van der Waals surface area contributed by atoms with Crippen LogP contribution < -0.4 is 0 Å². The second-order valence-electron chi connectivity index (χ2n) is 5.26. The molecule has 3 aromatic rings. The van der Waals surface area contributed by atoms with Crippen molar-refractivity contribution in [2.75, 3.05) is 7.05 Å². The molecule has 4 nitrogen and oxygen atoms in total. The molecule has 118 valence electrons. The van der Waals surface area contributed by atoms with Crippen molar-refractivity contribution >= 4 is 28.8 Å². The standard InChI is InChI=1S/C17H16ClN3OS/c1-20(12-15-7-8-16(18)23-15)17(22)9-13-10-19-21(11-13)14-5-3-2-4-6-14/h2-8,10-11H,9,12H2,1H3. The van der Waals surface area contributed by atoms with Gasteiger partial charge in [0, 0.05) is 18.1 Å². The number of hydrogen-bond acceptors (Lipinski definition) is 3. The molecule has 0 saturated heterocycles. The highest BCUT2D eigenvalue weighted by molar-refractivity contribution is 7.16. The fraction of sp³-hybridized carbons (Fsp3) is 0.176. The van der Waals surface area contributed by atoms with E-state index in [0.717, 1.165) is 20.5 Å². The molecule has 2 heterocycles. The van der Waals surface area contributed by atoms with E-state index in [4.69, 9.17) is 11.6 Å². The number of likely N-dealkylation sites (N-methyl/N-ethyl adjacent to an activating group) is 1. The van der Waals surface area contributed by atoms with E-state index in [0.29, 0.717) is 13.0 Å². The zero-order chi connectivity index (χ0) is 16.2. The predicted molar refractivity (Wildman–Crippen MR) is 93.1 cm³/mol. The molecule has 0 spiro atoms. The van der Waals surface area contributed by atoms with Crippen LogP contribution in [0.25, 0.3) is 5.69 Å². The minimum Gasteiger partial charge on any atom is -0.340 e. The van der Waals surface area contributed by atoms with E-state index in [2.05, 4.69) is 5.10 Å². The highest BCUT2D eigenvalue weighted by atomic mass is 35.5. The SMILES string of the molecule is CN(Cc1ccc(Cl)s1)C(=O)Cc1cnn(-c2ccccc2)c1. The van der Waals surface area contributed by atoms with Crippen LogP contribution in [-0.2, 0) is 17.8 Å². The third-order valence-corrected chi connectivity index (χ3v) is 4.68. The number of thiophene rings is 1. The van der Waals surface area contributed by atoms with Gasteiger partial charge in [0.15, 0.2) is 0 Å². The maximum Gasteiger partial charge on any atom is 0.227 e. The van der Waals surface area contributed by atoms with Gasteiger partial charge in [0.25, 0.3) is 0 Å². The van der Waals surface area contributed by atoms with E-state index in [-0.39, 0.29) is 5.91 Å². The number of hydrogen-bond donors (Lipinski definition) is 0. The largest absolute Gasteiger partial charge is 0.340 e. The molecule has 0 aliphatic rings. The first-order valence-electron chi connectivity index (χ1n) is 7.19. The molecular formula is C17H16ClN3OS. The van der Waals surface area contributed by atoms with E-state index >= 15 is 0 Å². The molecule has 0 N–H and O–H groups in total. The smallest absolute Gasteiger partial charge is 0.227 e. The number of carbonyl (C=O) groups is 1. The zero-order valence-electron chi connectivity index (χ0n) is 12.6. The summed E-state index contributed by atoms with van der Waals surface area (Å²) in [4.78, 5) is 15.1. The third-order valence-electron chi connectivity index (χ3n) is 3.46.